The summed E-state index contributed by atoms with van der Waals surface area (Å²) >= 11 is 0. The van der Waals surface area contributed by atoms with E-state index in [1.807, 2.05) is 0 Å². The van der Waals surface area contributed by atoms with Crippen LogP contribution < -0.4 is 16.0 Å². The van der Waals surface area contributed by atoms with Crippen molar-refractivity contribution in [2.45, 2.75) is 38.3 Å². The smallest absolute Gasteiger partial charge is 0.241 e. The van der Waals surface area contributed by atoms with E-state index in [9.17, 15) is 9.59 Å². The maximum atomic E-state index is 12.1. The first-order valence-electron chi connectivity index (χ1n) is 7.54. The second-order valence-corrected chi connectivity index (χ2v) is 5.78. The van der Waals surface area contributed by atoms with Gasteiger partial charge in [-0.05, 0) is 38.8 Å². The number of rotatable bonds is 5. The molecule has 1 saturated carbocycles. The average molecular weight is 291 g/mol. The van der Waals surface area contributed by atoms with Gasteiger partial charge in [0.15, 0.2) is 0 Å². The highest BCUT2D eigenvalue weighted by Gasteiger charge is 2.23. The predicted molar refractivity (Wildman–Crippen MR) is 77.6 cm³/mol. The van der Waals surface area contributed by atoms with E-state index in [1.165, 1.54) is 0 Å². The van der Waals surface area contributed by atoms with E-state index in [0.29, 0.717) is 11.7 Å². The van der Waals surface area contributed by atoms with E-state index in [2.05, 4.69) is 21.0 Å². The molecule has 21 heavy (non-hydrogen) atoms. The lowest BCUT2D eigenvalue weighted by Crippen LogP contribution is -2.34. The van der Waals surface area contributed by atoms with Gasteiger partial charge >= 0.3 is 0 Å². The van der Waals surface area contributed by atoms with Crippen molar-refractivity contribution in [1.82, 2.24) is 20.4 Å². The normalized spacial score (nSPS) is 19.2. The van der Waals surface area contributed by atoms with Gasteiger partial charge in [-0.15, -0.1) is 0 Å². The number of piperidine rings is 1. The maximum absolute atomic E-state index is 12.1. The third-order valence-corrected chi connectivity index (χ3v) is 3.86. The van der Waals surface area contributed by atoms with E-state index in [0.717, 1.165) is 38.8 Å². The lowest BCUT2D eigenvalue weighted by atomic mass is 9.97. The number of aromatic nitrogens is 2. The van der Waals surface area contributed by atoms with Crippen molar-refractivity contribution in [3.05, 3.63) is 12.4 Å². The van der Waals surface area contributed by atoms with Crippen LogP contribution in [0.25, 0.3) is 0 Å². The molecule has 7 nitrogen and oxygen atoms in total. The zero-order chi connectivity index (χ0) is 14.7. The van der Waals surface area contributed by atoms with E-state index in [1.54, 1.807) is 17.1 Å². The van der Waals surface area contributed by atoms with Crippen LogP contribution in [-0.4, -0.2) is 40.7 Å². The van der Waals surface area contributed by atoms with Gasteiger partial charge in [0.2, 0.25) is 11.8 Å². The summed E-state index contributed by atoms with van der Waals surface area (Å²) < 4.78 is 1.55. The summed E-state index contributed by atoms with van der Waals surface area (Å²) in [4.78, 5) is 23.8. The number of carbonyl (C=O) groups excluding carboxylic acids is 2. The fourth-order valence-electron chi connectivity index (χ4n) is 2.49. The maximum Gasteiger partial charge on any atom is 0.241 e. The van der Waals surface area contributed by atoms with Gasteiger partial charge in [-0.2, -0.15) is 5.10 Å². The van der Waals surface area contributed by atoms with Crippen molar-refractivity contribution in [2.75, 3.05) is 18.4 Å². The summed E-state index contributed by atoms with van der Waals surface area (Å²) in [5.74, 6) is 0.0723. The lowest BCUT2D eigenvalue weighted by Gasteiger charge is -2.21. The molecule has 0 unspecified atom stereocenters. The van der Waals surface area contributed by atoms with Crippen LogP contribution in [0.3, 0.4) is 0 Å². The van der Waals surface area contributed by atoms with Crippen molar-refractivity contribution in [3.63, 3.8) is 0 Å². The Morgan fingerprint density at radius 3 is 2.76 bits per heavy atom. The van der Waals surface area contributed by atoms with E-state index >= 15 is 0 Å². The van der Waals surface area contributed by atoms with Gasteiger partial charge in [-0.1, -0.05) is 0 Å². The Balaban J connectivity index is 1.49. The Morgan fingerprint density at radius 1 is 1.29 bits per heavy atom. The molecule has 2 heterocycles. The van der Waals surface area contributed by atoms with Crippen LogP contribution in [0.2, 0.25) is 0 Å². The van der Waals surface area contributed by atoms with E-state index in [-0.39, 0.29) is 24.3 Å². The molecule has 1 aromatic heterocycles. The lowest BCUT2D eigenvalue weighted by molar-refractivity contribution is -0.122. The van der Waals surface area contributed by atoms with Crippen LogP contribution >= 0.6 is 0 Å². The summed E-state index contributed by atoms with van der Waals surface area (Å²) in [7, 11) is 0. The molecule has 114 valence electrons. The number of carbonyl (C=O) groups is 2. The SMILES string of the molecule is O=C(Cn1cc(NC(=O)C2CCNCC2)cn1)NC1CC1. The Kier molecular flexibility index (Phi) is 4.19. The van der Waals surface area contributed by atoms with E-state index in [4.69, 9.17) is 0 Å². The molecule has 1 saturated heterocycles. The molecule has 0 spiro atoms. The molecule has 0 bridgehead atoms. The summed E-state index contributed by atoms with van der Waals surface area (Å²) in [6.07, 6.45) is 7.16. The quantitative estimate of drug-likeness (QED) is 0.718. The minimum Gasteiger partial charge on any atom is -0.352 e. The topological polar surface area (TPSA) is 88.1 Å². The molecule has 3 rings (SSSR count). The largest absolute Gasteiger partial charge is 0.352 e. The van der Waals surface area contributed by atoms with Crippen molar-refractivity contribution in [3.8, 4) is 0 Å². The highest BCUT2D eigenvalue weighted by molar-refractivity contribution is 5.92. The number of nitrogens with one attached hydrogen (secondary N) is 3. The molecular weight excluding hydrogens is 270 g/mol. The van der Waals surface area contributed by atoms with Crippen molar-refractivity contribution >= 4 is 17.5 Å². The summed E-state index contributed by atoms with van der Waals surface area (Å²) in [5.41, 5.74) is 0.651. The number of nitrogens with zero attached hydrogens (tertiary/aromatic N) is 2. The first-order chi connectivity index (χ1) is 10.2. The van der Waals surface area contributed by atoms with Crippen LogP contribution in [0.5, 0.6) is 0 Å². The monoisotopic (exact) mass is 291 g/mol. The number of amides is 2. The molecule has 7 heteroatoms. The minimum atomic E-state index is -0.0307. The van der Waals surface area contributed by atoms with Gasteiger partial charge < -0.3 is 16.0 Å². The molecule has 0 radical (unpaired) electrons. The Morgan fingerprint density at radius 2 is 2.05 bits per heavy atom. The molecule has 3 N–H and O–H groups in total. The highest BCUT2D eigenvalue weighted by Crippen LogP contribution is 2.18. The average Bonchev–Trinajstić information content (AvgIpc) is 3.19. The summed E-state index contributed by atoms with van der Waals surface area (Å²) in [5, 5.41) is 13.1. The van der Waals surface area contributed by atoms with E-state index < -0.39 is 0 Å². The van der Waals surface area contributed by atoms with Crippen molar-refractivity contribution < 1.29 is 9.59 Å². The number of anilines is 1. The third kappa shape index (κ3) is 4.04. The predicted octanol–water partition coefficient (Wildman–Crippen LogP) is 0.0998. The highest BCUT2D eigenvalue weighted by atomic mass is 16.2. The standard InChI is InChI=1S/C14H21N5O2/c20-13(17-11-1-2-11)9-19-8-12(7-16-19)18-14(21)10-3-5-15-6-4-10/h7-8,10-11,15H,1-6,9H2,(H,17,20)(H,18,21). The third-order valence-electron chi connectivity index (χ3n) is 3.86. The molecule has 2 amide bonds. The molecule has 2 aliphatic rings. The fraction of sp³-hybridized carbons (Fsp3) is 0.643. The zero-order valence-electron chi connectivity index (χ0n) is 12.0. The van der Waals surface area contributed by atoms with Gasteiger partial charge in [0, 0.05) is 18.2 Å². The van der Waals surface area contributed by atoms with Crippen LogP contribution in [0.15, 0.2) is 12.4 Å². The van der Waals surface area contributed by atoms with Gasteiger partial charge in [-0.25, -0.2) is 0 Å². The van der Waals surface area contributed by atoms with Crippen LogP contribution in [0.1, 0.15) is 25.7 Å². The molecule has 1 aromatic rings. The Labute approximate surface area is 123 Å². The molecule has 1 aliphatic carbocycles. The zero-order valence-corrected chi connectivity index (χ0v) is 12.0. The van der Waals surface area contributed by atoms with Crippen LogP contribution in [0, 0.1) is 5.92 Å². The van der Waals surface area contributed by atoms with Gasteiger partial charge in [0.25, 0.3) is 0 Å². The first kappa shape index (κ1) is 14.1. The Hall–Kier alpha value is -1.89. The summed E-state index contributed by atoms with van der Waals surface area (Å²) in [6.45, 7) is 1.97. The van der Waals surface area contributed by atoms with Crippen LogP contribution in [-0.2, 0) is 16.1 Å². The van der Waals surface area contributed by atoms with Gasteiger partial charge in [0.05, 0.1) is 11.9 Å². The molecule has 2 fully saturated rings. The summed E-state index contributed by atoms with van der Waals surface area (Å²) in [6, 6.07) is 0.354. The molecular formula is C14H21N5O2. The molecule has 0 aromatic carbocycles. The van der Waals surface area contributed by atoms with Crippen molar-refractivity contribution in [2.24, 2.45) is 5.92 Å². The van der Waals surface area contributed by atoms with Gasteiger partial charge in [0.1, 0.15) is 6.54 Å². The van der Waals surface area contributed by atoms with Gasteiger partial charge in [-0.3, -0.25) is 14.3 Å². The molecule has 1 aliphatic heterocycles. The number of hydrogen-bond donors (Lipinski definition) is 3. The molecule has 0 atom stereocenters. The van der Waals surface area contributed by atoms with Crippen molar-refractivity contribution in [1.29, 1.82) is 0 Å². The van der Waals surface area contributed by atoms with Crippen LogP contribution in [0.4, 0.5) is 5.69 Å². The fourth-order valence-corrected chi connectivity index (χ4v) is 2.49. The second-order valence-electron chi connectivity index (χ2n) is 5.78. The minimum absolute atomic E-state index is 0.0307. The number of hydrogen-bond acceptors (Lipinski definition) is 4. The Bertz CT molecular complexity index is 517. The second kappa shape index (κ2) is 6.26. The first-order valence-corrected chi connectivity index (χ1v) is 7.54.